The summed E-state index contributed by atoms with van der Waals surface area (Å²) in [6, 6.07) is 14.4. The molecule has 1 aromatic heterocycles. The summed E-state index contributed by atoms with van der Waals surface area (Å²) in [6.07, 6.45) is 2.01. The normalized spacial score (nSPS) is 12.7. The summed E-state index contributed by atoms with van der Waals surface area (Å²) in [4.78, 5) is 33.1. The molecule has 8 heteroatoms. The summed E-state index contributed by atoms with van der Waals surface area (Å²) in [5.41, 5.74) is 6.34. The number of hydrogen-bond donors (Lipinski definition) is 1. The van der Waals surface area contributed by atoms with E-state index >= 15 is 0 Å². The number of anilines is 1. The molecule has 2 amide bonds. The molecule has 0 aliphatic carbocycles. The molecule has 0 bridgehead atoms. The summed E-state index contributed by atoms with van der Waals surface area (Å²) in [7, 11) is 1.82. The molecule has 7 nitrogen and oxygen atoms in total. The second-order valence-corrected chi connectivity index (χ2v) is 11.4. The smallest absolute Gasteiger partial charge is 0.256 e. The zero-order valence-electron chi connectivity index (χ0n) is 23.2. The fourth-order valence-electron chi connectivity index (χ4n) is 4.71. The fourth-order valence-corrected chi connectivity index (χ4v) is 5.51. The SMILES string of the molecule is C.Cc1csc(-c2ccc(C)c(N(CC(=O)NCCCC(C)C)CC(=O)N(C)N3Cc4ccccc4C3)c2)n1. The standard InChI is InChI=1S/C30H39N5O2S.CH4/c1-21(2)9-8-14-31-28(36)18-34(27-15-24(13-12-22(27)3)30-32-23(4)20-38-30)19-29(37)33(5)35-16-25-10-6-7-11-26(25)17-35;/h6-7,10-13,15,20-21H,8-9,14,16-19H2,1-5H3,(H,31,36);1H4. The van der Waals surface area contributed by atoms with Gasteiger partial charge in [-0.05, 0) is 55.4 Å². The van der Waals surface area contributed by atoms with E-state index in [0.717, 1.165) is 40.4 Å². The van der Waals surface area contributed by atoms with E-state index in [4.69, 9.17) is 0 Å². The monoisotopic (exact) mass is 549 g/mol. The predicted octanol–water partition coefficient (Wildman–Crippen LogP) is 5.81. The number of hydrazine groups is 1. The van der Waals surface area contributed by atoms with Gasteiger partial charge in [-0.3, -0.25) is 14.6 Å². The van der Waals surface area contributed by atoms with Gasteiger partial charge in [0, 0.05) is 49.0 Å². The maximum atomic E-state index is 13.6. The molecule has 0 fully saturated rings. The summed E-state index contributed by atoms with van der Waals surface area (Å²) >= 11 is 1.60. The highest BCUT2D eigenvalue weighted by Crippen LogP contribution is 2.30. The molecule has 0 radical (unpaired) electrons. The second kappa shape index (κ2) is 13.7. The van der Waals surface area contributed by atoms with Gasteiger partial charge < -0.3 is 10.2 Å². The van der Waals surface area contributed by atoms with Crippen molar-refractivity contribution < 1.29 is 9.59 Å². The molecular formula is C31H43N5O2S. The highest BCUT2D eigenvalue weighted by atomic mass is 32.1. The van der Waals surface area contributed by atoms with Crippen LogP contribution in [-0.4, -0.2) is 53.5 Å². The maximum absolute atomic E-state index is 13.6. The Labute approximate surface area is 237 Å². The van der Waals surface area contributed by atoms with Crippen LogP contribution >= 0.6 is 11.3 Å². The van der Waals surface area contributed by atoms with Crippen LogP contribution in [0.3, 0.4) is 0 Å². The topological polar surface area (TPSA) is 68.8 Å². The number of fused-ring (bicyclic) bond motifs is 1. The summed E-state index contributed by atoms with van der Waals surface area (Å²) in [5.74, 6) is 0.473. The van der Waals surface area contributed by atoms with Crippen LogP contribution in [0.25, 0.3) is 10.6 Å². The Hall–Kier alpha value is -3.23. The number of nitrogens with zero attached hydrogens (tertiary/aromatic N) is 4. The highest BCUT2D eigenvalue weighted by Gasteiger charge is 2.27. The minimum atomic E-state index is -0.0762. The lowest BCUT2D eigenvalue weighted by atomic mass is 10.1. The summed E-state index contributed by atoms with van der Waals surface area (Å²) < 4.78 is 0. The Morgan fingerprint density at radius 2 is 1.77 bits per heavy atom. The van der Waals surface area contributed by atoms with Crippen LogP contribution in [0.15, 0.2) is 47.8 Å². The number of rotatable bonds is 11. The number of thiazole rings is 1. The van der Waals surface area contributed by atoms with E-state index in [1.54, 1.807) is 16.3 Å². The van der Waals surface area contributed by atoms with Crippen LogP contribution in [0.4, 0.5) is 5.69 Å². The molecule has 1 aliphatic rings. The molecule has 0 saturated carbocycles. The summed E-state index contributed by atoms with van der Waals surface area (Å²) in [6.45, 7) is 10.6. The number of carbonyl (C=O) groups excluding carboxylic acids is 2. The first kappa shape index (κ1) is 30.3. The number of likely N-dealkylation sites (N-methyl/N-ethyl adjacent to an activating group) is 1. The van der Waals surface area contributed by atoms with Crippen molar-refractivity contribution in [2.75, 3.05) is 31.6 Å². The number of nitrogens with one attached hydrogen (secondary N) is 1. The molecule has 210 valence electrons. The van der Waals surface area contributed by atoms with E-state index in [9.17, 15) is 9.59 Å². The van der Waals surface area contributed by atoms with Crippen molar-refractivity contribution in [2.45, 2.75) is 61.1 Å². The second-order valence-electron chi connectivity index (χ2n) is 10.5. The van der Waals surface area contributed by atoms with E-state index in [-0.39, 0.29) is 32.3 Å². The third-order valence-electron chi connectivity index (χ3n) is 6.97. The van der Waals surface area contributed by atoms with Crippen LogP contribution in [0.5, 0.6) is 0 Å². The number of carbonyl (C=O) groups is 2. The van der Waals surface area contributed by atoms with Gasteiger partial charge in [0.15, 0.2) is 0 Å². The van der Waals surface area contributed by atoms with Crippen molar-refractivity contribution in [2.24, 2.45) is 5.92 Å². The first-order valence-corrected chi connectivity index (χ1v) is 14.2. The molecule has 39 heavy (non-hydrogen) atoms. The third kappa shape index (κ3) is 7.90. The van der Waals surface area contributed by atoms with E-state index in [2.05, 4.69) is 53.4 Å². The molecule has 2 heterocycles. The average Bonchev–Trinajstić information content (AvgIpc) is 3.52. The Kier molecular flexibility index (Phi) is 10.7. The predicted molar refractivity (Wildman–Crippen MR) is 162 cm³/mol. The molecule has 4 rings (SSSR count). The fraction of sp³-hybridized carbons (Fsp3) is 0.452. The lowest BCUT2D eigenvalue weighted by Crippen LogP contribution is -2.48. The Morgan fingerprint density at radius 1 is 1.08 bits per heavy atom. The molecule has 2 aromatic carbocycles. The van der Waals surface area contributed by atoms with Gasteiger partial charge in [-0.1, -0.05) is 57.7 Å². The van der Waals surface area contributed by atoms with Gasteiger partial charge in [-0.2, -0.15) is 0 Å². The van der Waals surface area contributed by atoms with Gasteiger partial charge in [-0.25, -0.2) is 9.99 Å². The molecule has 0 atom stereocenters. The zero-order chi connectivity index (χ0) is 27.2. The third-order valence-corrected chi connectivity index (χ3v) is 7.98. The van der Waals surface area contributed by atoms with Crippen molar-refractivity contribution in [1.29, 1.82) is 0 Å². The molecule has 3 aromatic rings. The van der Waals surface area contributed by atoms with Crippen LogP contribution in [0.2, 0.25) is 0 Å². The number of benzene rings is 2. The van der Waals surface area contributed by atoms with Crippen LogP contribution in [0.1, 0.15) is 56.5 Å². The van der Waals surface area contributed by atoms with Crippen molar-refractivity contribution in [3.8, 4) is 10.6 Å². The van der Waals surface area contributed by atoms with E-state index in [1.165, 1.54) is 11.1 Å². The number of amides is 2. The Balaban J connectivity index is 0.00000420. The quantitative estimate of drug-likeness (QED) is 0.306. The van der Waals surface area contributed by atoms with Gasteiger partial charge in [0.05, 0.1) is 13.1 Å². The van der Waals surface area contributed by atoms with Crippen molar-refractivity contribution in [1.82, 2.24) is 20.3 Å². The lowest BCUT2D eigenvalue weighted by Gasteiger charge is -2.32. The van der Waals surface area contributed by atoms with Gasteiger partial charge in [-0.15, -0.1) is 11.3 Å². The van der Waals surface area contributed by atoms with Crippen LogP contribution in [-0.2, 0) is 22.7 Å². The Morgan fingerprint density at radius 3 is 2.38 bits per heavy atom. The first-order chi connectivity index (χ1) is 18.2. The van der Waals surface area contributed by atoms with Gasteiger partial charge in [0.2, 0.25) is 5.91 Å². The number of aromatic nitrogens is 1. The molecule has 1 aliphatic heterocycles. The number of aryl methyl sites for hydroxylation is 2. The van der Waals surface area contributed by atoms with Gasteiger partial charge in [0.25, 0.3) is 5.91 Å². The molecule has 0 spiro atoms. The Bertz CT molecular complexity index is 1250. The maximum Gasteiger partial charge on any atom is 0.256 e. The van der Waals surface area contributed by atoms with Crippen LogP contribution < -0.4 is 10.2 Å². The van der Waals surface area contributed by atoms with Crippen molar-refractivity contribution in [3.63, 3.8) is 0 Å². The van der Waals surface area contributed by atoms with Crippen LogP contribution in [0, 0.1) is 19.8 Å². The van der Waals surface area contributed by atoms with E-state index in [1.807, 2.05) is 49.4 Å². The van der Waals surface area contributed by atoms with Crippen molar-refractivity contribution in [3.05, 3.63) is 70.2 Å². The van der Waals surface area contributed by atoms with E-state index < -0.39 is 0 Å². The average molecular weight is 550 g/mol. The highest BCUT2D eigenvalue weighted by molar-refractivity contribution is 7.13. The minimum absolute atomic E-state index is 0. The summed E-state index contributed by atoms with van der Waals surface area (Å²) in [5, 5.41) is 9.77. The minimum Gasteiger partial charge on any atom is -0.355 e. The molecule has 1 N–H and O–H groups in total. The van der Waals surface area contributed by atoms with Gasteiger partial charge in [0.1, 0.15) is 5.01 Å². The lowest BCUT2D eigenvalue weighted by molar-refractivity contribution is -0.145. The number of hydrogen-bond acceptors (Lipinski definition) is 6. The van der Waals surface area contributed by atoms with Crippen molar-refractivity contribution >= 4 is 28.8 Å². The molecule has 0 saturated heterocycles. The van der Waals surface area contributed by atoms with E-state index in [0.29, 0.717) is 25.6 Å². The zero-order valence-corrected chi connectivity index (χ0v) is 24.0. The molecular weight excluding hydrogens is 506 g/mol. The first-order valence-electron chi connectivity index (χ1n) is 13.3. The largest absolute Gasteiger partial charge is 0.355 e. The molecule has 0 unspecified atom stereocenters. The van der Waals surface area contributed by atoms with Gasteiger partial charge >= 0.3 is 0 Å².